The van der Waals surface area contributed by atoms with Crippen molar-refractivity contribution in [3.05, 3.63) is 87.1 Å². The molecule has 0 saturated carbocycles. The van der Waals surface area contributed by atoms with Gasteiger partial charge in [0.2, 0.25) is 5.91 Å². The number of amides is 1. The van der Waals surface area contributed by atoms with Gasteiger partial charge in [0.15, 0.2) is 0 Å². The van der Waals surface area contributed by atoms with Crippen LogP contribution in [0.5, 0.6) is 0 Å². The van der Waals surface area contributed by atoms with Gasteiger partial charge in [-0.25, -0.2) is 0 Å². The van der Waals surface area contributed by atoms with E-state index < -0.39 is 0 Å². The van der Waals surface area contributed by atoms with E-state index in [9.17, 15) is 4.79 Å². The van der Waals surface area contributed by atoms with Gasteiger partial charge in [0.1, 0.15) is 0 Å². The number of aryl methyl sites for hydroxylation is 3. The van der Waals surface area contributed by atoms with Gasteiger partial charge < -0.3 is 5.32 Å². The van der Waals surface area contributed by atoms with Crippen molar-refractivity contribution in [1.29, 1.82) is 0 Å². The van der Waals surface area contributed by atoms with Gasteiger partial charge in [-0.15, -0.1) is 11.3 Å². The van der Waals surface area contributed by atoms with Crippen molar-refractivity contribution >= 4 is 22.9 Å². The average Bonchev–Trinajstić information content (AvgIpc) is 3.19. The van der Waals surface area contributed by atoms with Crippen LogP contribution >= 0.6 is 11.3 Å². The van der Waals surface area contributed by atoms with Gasteiger partial charge in [0, 0.05) is 10.6 Å². The molecule has 3 aromatic rings. The fraction of sp³-hybridized carbons (Fsp3) is 0.261. The maximum atomic E-state index is 12.6. The molecule has 0 aliphatic heterocycles. The zero-order chi connectivity index (χ0) is 19.2. The summed E-state index contributed by atoms with van der Waals surface area (Å²) in [6.07, 6.45) is 0.895. The fourth-order valence-electron chi connectivity index (χ4n) is 3.18. The van der Waals surface area contributed by atoms with Crippen molar-refractivity contribution in [2.24, 2.45) is 0 Å². The number of rotatable bonds is 7. The van der Waals surface area contributed by atoms with E-state index in [1.807, 2.05) is 25.1 Å². The summed E-state index contributed by atoms with van der Waals surface area (Å²) in [5.74, 6) is -0.0207. The van der Waals surface area contributed by atoms with Crippen LogP contribution in [-0.4, -0.2) is 12.5 Å². The highest BCUT2D eigenvalue weighted by atomic mass is 32.1. The Morgan fingerprint density at radius 3 is 2.48 bits per heavy atom. The van der Waals surface area contributed by atoms with Gasteiger partial charge in [-0.2, -0.15) is 0 Å². The third kappa shape index (κ3) is 4.85. The monoisotopic (exact) mass is 378 g/mol. The molecule has 4 heteroatoms. The molecular formula is C23H26N2OS. The number of carbonyl (C=O) groups excluding carboxylic acids is 1. The SMILES string of the molecule is CCc1cccc(C)c1NC(=O)CN[C@@H](c1ccc(C)cc1)c1cccs1. The smallest absolute Gasteiger partial charge is 0.238 e. The number of hydrogen-bond acceptors (Lipinski definition) is 3. The first-order valence-electron chi connectivity index (χ1n) is 9.30. The normalized spacial score (nSPS) is 12.0. The Balaban J connectivity index is 1.72. The van der Waals surface area contributed by atoms with Crippen LogP contribution in [0, 0.1) is 13.8 Å². The first-order chi connectivity index (χ1) is 13.1. The molecular weight excluding hydrogens is 352 g/mol. The number of thiophene rings is 1. The van der Waals surface area contributed by atoms with E-state index in [4.69, 9.17) is 0 Å². The molecule has 0 fully saturated rings. The summed E-state index contributed by atoms with van der Waals surface area (Å²) in [7, 11) is 0. The van der Waals surface area contributed by atoms with Crippen molar-refractivity contribution in [2.75, 3.05) is 11.9 Å². The Kier molecular flexibility index (Phi) is 6.43. The third-order valence-corrected chi connectivity index (χ3v) is 5.65. The van der Waals surface area contributed by atoms with Crippen LogP contribution in [-0.2, 0) is 11.2 Å². The molecule has 2 aromatic carbocycles. The molecule has 140 valence electrons. The summed E-state index contributed by atoms with van der Waals surface area (Å²) in [5.41, 5.74) is 5.59. The second-order valence-electron chi connectivity index (χ2n) is 6.75. The Morgan fingerprint density at radius 2 is 1.81 bits per heavy atom. The molecule has 0 unspecified atom stereocenters. The molecule has 1 heterocycles. The minimum Gasteiger partial charge on any atom is -0.324 e. The number of carbonyl (C=O) groups is 1. The Bertz CT molecular complexity index is 885. The van der Waals surface area contributed by atoms with E-state index in [-0.39, 0.29) is 18.5 Å². The summed E-state index contributed by atoms with van der Waals surface area (Å²) in [6, 6.07) is 18.8. The van der Waals surface area contributed by atoms with E-state index in [2.05, 4.69) is 66.3 Å². The van der Waals surface area contributed by atoms with Gasteiger partial charge in [-0.3, -0.25) is 10.1 Å². The van der Waals surface area contributed by atoms with E-state index in [0.717, 1.165) is 23.2 Å². The highest BCUT2D eigenvalue weighted by molar-refractivity contribution is 7.10. The Hall–Kier alpha value is -2.43. The van der Waals surface area contributed by atoms with E-state index in [1.54, 1.807) is 11.3 Å². The predicted molar refractivity (Wildman–Crippen MR) is 115 cm³/mol. The molecule has 3 nitrogen and oxygen atoms in total. The van der Waals surface area contributed by atoms with Crippen LogP contribution < -0.4 is 10.6 Å². The minimum absolute atomic E-state index is 0.0128. The number of anilines is 1. The van der Waals surface area contributed by atoms with Crippen molar-refractivity contribution < 1.29 is 4.79 Å². The van der Waals surface area contributed by atoms with Gasteiger partial charge >= 0.3 is 0 Å². The quantitative estimate of drug-likeness (QED) is 0.590. The molecule has 27 heavy (non-hydrogen) atoms. The van der Waals surface area contributed by atoms with Gasteiger partial charge in [0.25, 0.3) is 0 Å². The van der Waals surface area contributed by atoms with Crippen LogP contribution in [0.3, 0.4) is 0 Å². The fourth-order valence-corrected chi connectivity index (χ4v) is 4.00. The van der Waals surface area contributed by atoms with Crippen LogP contribution in [0.1, 0.15) is 40.1 Å². The van der Waals surface area contributed by atoms with Crippen molar-refractivity contribution in [3.8, 4) is 0 Å². The lowest BCUT2D eigenvalue weighted by Gasteiger charge is -2.19. The highest BCUT2D eigenvalue weighted by Gasteiger charge is 2.17. The van der Waals surface area contributed by atoms with Crippen molar-refractivity contribution in [1.82, 2.24) is 5.32 Å². The first kappa shape index (κ1) is 19.3. The second-order valence-corrected chi connectivity index (χ2v) is 7.73. The molecule has 0 spiro atoms. The molecule has 0 saturated heterocycles. The van der Waals surface area contributed by atoms with Gasteiger partial charge in [-0.1, -0.05) is 61.0 Å². The van der Waals surface area contributed by atoms with E-state index >= 15 is 0 Å². The maximum absolute atomic E-state index is 12.6. The summed E-state index contributed by atoms with van der Waals surface area (Å²) >= 11 is 1.70. The molecule has 1 aromatic heterocycles. The lowest BCUT2D eigenvalue weighted by molar-refractivity contribution is -0.115. The number of hydrogen-bond donors (Lipinski definition) is 2. The Labute approximate surface area is 165 Å². The van der Waals surface area contributed by atoms with E-state index in [1.165, 1.54) is 16.0 Å². The molecule has 0 aliphatic rings. The summed E-state index contributed by atoms with van der Waals surface area (Å²) in [5, 5.41) is 8.59. The lowest BCUT2D eigenvalue weighted by Crippen LogP contribution is -2.32. The zero-order valence-electron chi connectivity index (χ0n) is 16.1. The van der Waals surface area contributed by atoms with Crippen LogP contribution in [0.15, 0.2) is 60.0 Å². The summed E-state index contributed by atoms with van der Waals surface area (Å²) < 4.78 is 0. The highest BCUT2D eigenvalue weighted by Crippen LogP contribution is 2.26. The lowest BCUT2D eigenvalue weighted by atomic mass is 10.0. The molecule has 3 rings (SSSR count). The van der Waals surface area contributed by atoms with Crippen molar-refractivity contribution in [2.45, 2.75) is 33.2 Å². The van der Waals surface area contributed by atoms with Crippen LogP contribution in [0.4, 0.5) is 5.69 Å². The van der Waals surface area contributed by atoms with Gasteiger partial charge in [0.05, 0.1) is 12.6 Å². The number of para-hydroxylation sites is 1. The third-order valence-electron chi connectivity index (χ3n) is 4.71. The molecule has 0 aliphatic carbocycles. The number of nitrogens with one attached hydrogen (secondary N) is 2. The molecule has 1 amide bonds. The predicted octanol–water partition coefficient (Wildman–Crippen LogP) is 5.25. The number of benzene rings is 2. The van der Waals surface area contributed by atoms with Gasteiger partial charge in [-0.05, 0) is 48.4 Å². The first-order valence-corrected chi connectivity index (χ1v) is 10.2. The largest absolute Gasteiger partial charge is 0.324 e. The summed E-state index contributed by atoms with van der Waals surface area (Å²) in [4.78, 5) is 13.8. The maximum Gasteiger partial charge on any atom is 0.238 e. The average molecular weight is 379 g/mol. The summed E-state index contributed by atoms with van der Waals surface area (Å²) in [6.45, 7) is 6.47. The molecule has 1 atom stereocenters. The van der Waals surface area contributed by atoms with Crippen LogP contribution in [0.2, 0.25) is 0 Å². The molecule has 2 N–H and O–H groups in total. The van der Waals surface area contributed by atoms with Crippen LogP contribution in [0.25, 0.3) is 0 Å². The minimum atomic E-state index is -0.0207. The zero-order valence-corrected chi connectivity index (χ0v) is 16.9. The Morgan fingerprint density at radius 1 is 1.04 bits per heavy atom. The molecule has 0 bridgehead atoms. The standard InChI is InChI=1S/C23H26N2OS/c1-4-18-8-5-7-17(3)22(18)25-21(26)15-24-23(20-9-6-14-27-20)19-12-10-16(2)11-13-19/h5-14,23-24H,4,15H2,1-3H3,(H,25,26)/t23-/m0/s1. The second kappa shape index (κ2) is 8.98. The molecule has 0 radical (unpaired) electrons. The topological polar surface area (TPSA) is 41.1 Å². The van der Waals surface area contributed by atoms with E-state index in [0.29, 0.717) is 0 Å². The van der Waals surface area contributed by atoms with Crippen molar-refractivity contribution in [3.63, 3.8) is 0 Å².